The van der Waals surface area contributed by atoms with Crippen LogP contribution in [0, 0.1) is 6.92 Å². The Kier molecular flexibility index (Phi) is 4.56. The van der Waals surface area contributed by atoms with Gasteiger partial charge in [0.05, 0.1) is 12.8 Å². The van der Waals surface area contributed by atoms with Crippen molar-refractivity contribution in [1.82, 2.24) is 15.1 Å². The quantitative estimate of drug-likeness (QED) is 0.718. The first-order chi connectivity index (χ1) is 14.1. The number of nitrogens with one attached hydrogen (secondary N) is 1. The number of aromatic nitrogens is 2. The Morgan fingerprint density at radius 3 is 2.57 bits per heavy atom. The summed E-state index contributed by atoms with van der Waals surface area (Å²) in [6.07, 6.45) is 1.57. The van der Waals surface area contributed by atoms with Gasteiger partial charge < -0.3 is 9.73 Å². The number of carbonyl (C=O) groups is 2. The highest BCUT2D eigenvalue weighted by atomic mass is 16.3. The van der Waals surface area contributed by atoms with Gasteiger partial charge in [-0.3, -0.25) is 19.2 Å². The largest absolute Gasteiger partial charge is 0.463 e. The summed E-state index contributed by atoms with van der Waals surface area (Å²) < 4.78 is 7.06. The number of furan rings is 1. The number of amides is 2. The van der Waals surface area contributed by atoms with Crippen LogP contribution in [0.1, 0.15) is 43.7 Å². The molecular formula is C23H26N4O3. The molecule has 1 atom stereocenters. The van der Waals surface area contributed by atoms with E-state index in [4.69, 9.17) is 4.42 Å². The van der Waals surface area contributed by atoms with Crippen LogP contribution in [0.5, 0.6) is 0 Å². The highest BCUT2D eigenvalue weighted by Gasteiger charge is 2.50. The topological polar surface area (TPSA) is 80.4 Å². The van der Waals surface area contributed by atoms with Gasteiger partial charge in [-0.05, 0) is 58.4 Å². The van der Waals surface area contributed by atoms with Crippen molar-refractivity contribution in [3.63, 3.8) is 0 Å². The molecule has 30 heavy (non-hydrogen) atoms. The van der Waals surface area contributed by atoms with Gasteiger partial charge in [-0.2, -0.15) is 5.10 Å². The van der Waals surface area contributed by atoms with E-state index in [0.717, 1.165) is 5.56 Å². The lowest BCUT2D eigenvalue weighted by Gasteiger charge is -2.44. The number of rotatable bonds is 3. The molecule has 0 radical (unpaired) electrons. The summed E-state index contributed by atoms with van der Waals surface area (Å²) in [5, 5.41) is 7.61. The summed E-state index contributed by atoms with van der Waals surface area (Å²) in [5.74, 6) is 0.0766. The molecule has 1 aliphatic rings. The van der Waals surface area contributed by atoms with Crippen LogP contribution in [0.2, 0.25) is 0 Å². The Hall–Kier alpha value is -3.35. The van der Waals surface area contributed by atoms with Gasteiger partial charge in [-0.15, -0.1) is 0 Å². The maximum atomic E-state index is 13.7. The molecule has 7 nitrogen and oxygen atoms in total. The maximum absolute atomic E-state index is 13.7. The molecule has 1 aromatic carbocycles. The molecule has 0 bridgehead atoms. The molecule has 156 valence electrons. The van der Waals surface area contributed by atoms with Gasteiger partial charge in [0, 0.05) is 17.3 Å². The summed E-state index contributed by atoms with van der Waals surface area (Å²) in [7, 11) is 0. The standard InChI is InChI=1S/C23H26N4O3/c1-15-9-6-7-10-17(15)27-20(28)18-13-16(19-11-8-12-30-19)25-26(18)14-23(27,5)21(29)24-22(2,3)4/h6-13H,14H2,1-5H3,(H,24,29). The van der Waals surface area contributed by atoms with Gasteiger partial charge in [0.2, 0.25) is 5.91 Å². The highest BCUT2D eigenvalue weighted by Crippen LogP contribution is 2.36. The number of carbonyl (C=O) groups excluding carboxylic acids is 2. The van der Waals surface area contributed by atoms with Gasteiger partial charge >= 0.3 is 0 Å². The Morgan fingerprint density at radius 2 is 1.93 bits per heavy atom. The van der Waals surface area contributed by atoms with E-state index in [1.165, 1.54) is 0 Å². The Bertz CT molecular complexity index is 1110. The average molecular weight is 406 g/mol. The molecule has 3 aromatic rings. The third-order valence-electron chi connectivity index (χ3n) is 5.26. The van der Waals surface area contributed by atoms with Crippen LogP contribution >= 0.6 is 0 Å². The van der Waals surface area contributed by atoms with Gasteiger partial charge in [-0.1, -0.05) is 18.2 Å². The lowest BCUT2D eigenvalue weighted by molar-refractivity contribution is -0.128. The number of para-hydroxylation sites is 1. The Morgan fingerprint density at radius 1 is 1.20 bits per heavy atom. The minimum absolute atomic E-state index is 0.227. The smallest absolute Gasteiger partial charge is 0.277 e. The second-order valence-corrected chi connectivity index (χ2v) is 8.95. The van der Waals surface area contributed by atoms with E-state index in [1.54, 1.807) is 41.0 Å². The molecule has 1 N–H and O–H groups in total. The fourth-order valence-electron chi connectivity index (χ4n) is 3.79. The molecule has 4 rings (SSSR count). The van der Waals surface area contributed by atoms with Crippen molar-refractivity contribution in [2.24, 2.45) is 0 Å². The van der Waals surface area contributed by atoms with Crippen molar-refractivity contribution in [2.45, 2.75) is 52.2 Å². The third-order valence-corrected chi connectivity index (χ3v) is 5.26. The summed E-state index contributed by atoms with van der Waals surface area (Å²) in [6.45, 7) is 9.72. The summed E-state index contributed by atoms with van der Waals surface area (Å²) in [5.41, 5.74) is 1.01. The molecule has 0 spiro atoms. The Labute approximate surface area is 175 Å². The first-order valence-corrected chi connectivity index (χ1v) is 9.95. The molecule has 2 aromatic heterocycles. The molecule has 3 heterocycles. The van der Waals surface area contributed by atoms with Crippen molar-refractivity contribution in [1.29, 1.82) is 0 Å². The van der Waals surface area contributed by atoms with Crippen LogP contribution in [-0.2, 0) is 11.3 Å². The molecule has 0 saturated heterocycles. The lowest BCUT2D eigenvalue weighted by Crippen LogP contribution is -2.66. The molecule has 1 unspecified atom stereocenters. The van der Waals surface area contributed by atoms with Crippen LogP contribution in [0.25, 0.3) is 11.5 Å². The van der Waals surface area contributed by atoms with E-state index < -0.39 is 11.1 Å². The molecular weight excluding hydrogens is 380 g/mol. The fourth-order valence-corrected chi connectivity index (χ4v) is 3.79. The molecule has 0 aliphatic carbocycles. The zero-order chi connectivity index (χ0) is 21.7. The molecule has 0 saturated carbocycles. The number of benzene rings is 1. The minimum atomic E-state index is -1.16. The first kappa shape index (κ1) is 19.9. The van der Waals surface area contributed by atoms with Crippen molar-refractivity contribution < 1.29 is 14.0 Å². The predicted octanol–water partition coefficient (Wildman–Crippen LogP) is 3.79. The van der Waals surface area contributed by atoms with Gasteiger partial charge in [-0.25, -0.2) is 0 Å². The number of nitrogens with zero attached hydrogens (tertiary/aromatic N) is 3. The van der Waals surface area contributed by atoms with Crippen molar-refractivity contribution >= 4 is 17.5 Å². The normalized spacial score (nSPS) is 19.0. The third kappa shape index (κ3) is 3.30. The van der Waals surface area contributed by atoms with Crippen molar-refractivity contribution in [2.75, 3.05) is 4.90 Å². The van der Waals surface area contributed by atoms with Crippen LogP contribution in [0.3, 0.4) is 0 Å². The van der Waals surface area contributed by atoms with Gasteiger partial charge in [0.1, 0.15) is 16.9 Å². The van der Waals surface area contributed by atoms with Crippen LogP contribution < -0.4 is 10.2 Å². The van der Waals surface area contributed by atoms with E-state index in [0.29, 0.717) is 22.8 Å². The second kappa shape index (κ2) is 6.86. The minimum Gasteiger partial charge on any atom is -0.463 e. The molecule has 0 fully saturated rings. The zero-order valence-electron chi connectivity index (χ0n) is 17.9. The molecule has 2 amide bonds. The highest BCUT2D eigenvalue weighted by molar-refractivity contribution is 6.12. The maximum Gasteiger partial charge on any atom is 0.277 e. The predicted molar refractivity (Wildman–Crippen MR) is 114 cm³/mol. The molecule has 7 heteroatoms. The SMILES string of the molecule is Cc1ccccc1N1C(=O)c2cc(-c3ccco3)nn2CC1(C)C(=O)NC(C)(C)C. The molecule has 1 aliphatic heterocycles. The Balaban J connectivity index is 1.86. The van der Waals surface area contributed by atoms with Crippen LogP contribution in [0.15, 0.2) is 53.1 Å². The van der Waals surface area contributed by atoms with E-state index >= 15 is 0 Å². The van der Waals surface area contributed by atoms with Gasteiger partial charge in [0.25, 0.3) is 5.91 Å². The van der Waals surface area contributed by atoms with E-state index in [-0.39, 0.29) is 18.4 Å². The zero-order valence-corrected chi connectivity index (χ0v) is 17.9. The lowest BCUT2D eigenvalue weighted by atomic mass is 9.92. The average Bonchev–Trinajstić information content (AvgIpc) is 3.31. The number of hydrogen-bond acceptors (Lipinski definition) is 4. The number of fused-ring (bicyclic) bond motifs is 1. The second-order valence-electron chi connectivity index (χ2n) is 8.95. The van der Waals surface area contributed by atoms with E-state index in [1.807, 2.05) is 52.0 Å². The summed E-state index contributed by atoms with van der Waals surface area (Å²) in [6, 6.07) is 12.9. The van der Waals surface area contributed by atoms with E-state index in [2.05, 4.69) is 10.4 Å². The fraction of sp³-hybridized carbons (Fsp3) is 0.348. The monoisotopic (exact) mass is 406 g/mol. The number of anilines is 1. The number of aryl methyl sites for hydroxylation is 1. The first-order valence-electron chi connectivity index (χ1n) is 9.95. The van der Waals surface area contributed by atoms with E-state index in [9.17, 15) is 9.59 Å². The summed E-state index contributed by atoms with van der Waals surface area (Å²) in [4.78, 5) is 28.8. The van der Waals surface area contributed by atoms with Crippen LogP contribution in [-0.4, -0.2) is 32.7 Å². The van der Waals surface area contributed by atoms with Crippen LogP contribution in [0.4, 0.5) is 5.69 Å². The summed E-state index contributed by atoms with van der Waals surface area (Å²) >= 11 is 0. The number of hydrogen-bond donors (Lipinski definition) is 1. The van der Waals surface area contributed by atoms with Crippen molar-refractivity contribution in [3.8, 4) is 11.5 Å². The van der Waals surface area contributed by atoms with Gasteiger partial charge in [0.15, 0.2) is 5.76 Å². The van der Waals surface area contributed by atoms with Crippen molar-refractivity contribution in [3.05, 3.63) is 60.0 Å².